The predicted octanol–water partition coefficient (Wildman–Crippen LogP) is 14.6. The van der Waals surface area contributed by atoms with Crippen molar-refractivity contribution in [3.8, 4) is 0 Å². The summed E-state index contributed by atoms with van der Waals surface area (Å²) in [4.78, 5) is 0. The summed E-state index contributed by atoms with van der Waals surface area (Å²) in [5.74, 6) is 0.774. The van der Waals surface area contributed by atoms with Crippen LogP contribution in [0.2, 0.25) is 5.04 Å². The highest BCUT2D eigenvalue weighted by Crippen LogP contribution is 2.37. The van der Waals surface area contributed by atoms with Gasteiger partial charge in [0.25, 0.3) is 8.32 Å². The summed E-state index contributed by atoms with van der Waals surface area (Å²) < 4.78 is 40.3. The van der Waals surface area contributed by atoms with Gasteiger partial charge in [-0.2, -0.15) is 16.8 Å². The fourth-order valence-electron chi connectivity index (χ4n) is 8.51. The molecule has 0 heterocycles. The summed E-state index contributed by atoms with van der Waals surface area (Å²) in [6.45, 7) is 23.6. The zero-order valence-electron chi connectivity index (χ0n) is 41.4. The molecular formula is C58H76O5S2Si. The lowest BCUT2D eigenvalue weighted by atomic mass is 9.88. The van der Waals surface area contributed by atoms with E-state index in [9.17, 15) is 0 Å². The third kappa shape index (κ3) is 21.2. The molecule has 0 bridgehead atoms. The molecule has 4 rings (SSSR count). The van der Waals surface area contributed by atoms with Gasteiger partial charge in [-0.15, -0.1) is 0 Å². The average Bonchev–Trinajstić information content (AvgIpc) is 3.28. The third-order valence-corrected chi connectivity index (χ3v) is 16.8. The first kappa shape index (κ1) is 57.3. The van der Waals surface area contributed by atoms with Crippen molar-refractivity contribution in [3.05, 3.63) is 202 Å². The van der Waals surface area contributed by atoms with Crippen molar-refractivity contribution in [2.45, 2.75) is 137 Å². The highest BCUT2D eigenvalue weighted by atomic mass is 32.1. The molecule has 0 amide bonds. The highest BCUT2D eigenvalue weighted by Gasteiger charge is 2.49. The topological polar surface area (TPSA) is 77.5 Å². The molecule has 0 aliphatic rings. The van der Waals surface area contributed by atoms with Gasteiger partial charge in [0.2, 0.25) is 0 Å². The zero-order valence-corrected chi connectivity index (χ0v) is 44.0. The molecule has 2 atom stereocenters. The van der Waals surface area contributed by atoms with Crippen molar-refractivity contribution in [1.29, 1.82) is 0 Å². The van der Waals surface area contributed by atoms with Crippen LogP contribution in [-0.4, -0.2) is 31.8 Å². The van der Waals surface area contributed by atoms with Crippen LogP contribution in [0.4, 0.5) is 0 Å². The van der Waals surface area contributed by atoms with Crippen LogP contribution in [0, 0.1) is 0 Å². The summed E-state index contributed by atoms with van der Waals surface area (Å²) in [6.07, 6.45) is 23.2. The standard InChI is InChI=1S/C58H76OSi.2O2S/c1-46(2)26-23-28-48(4)42-54(52-32-15-11-16-33-52)44-50(6)30-25-31-51(7)45-55(53-34-17-12-18-35-53)43-49(5)29-24-27-47(3)40-41-59-60(58(8,9)10,56-36-19-13-20-37-56)57-38-21-14-22-39-57;2*1-3-2/h11-22,26,29-30,32-40,42,45,54-55H,23-25,27-28,31,41,43-44H2,1-10H3;;/b47-40-,48-42+,49-29-,50-30-,51-45-;;. The van der Waals surface area contributed by atoms with E-state index in [1.807, 2.05) is 0 Å². The molecule has 4 aromatic carbocycles. The Balaban J connectivity index is 0.00000236. The molecule has 354 valence electrons. The molecule has 5 nitrogen and oxygen atoms in total. The monoisotopic (exact) mass is 944 g/mol. The molecule has 0 aliphatic heterocycles. The van der Waals surface area contributed by atoms with E-state index in [2.05, 4.69) is 227 Å². The third-order valence-electron chi connectivity index (χ3n) is 11.8. The van der Waals surface area contributed by atoms with Crippen LogP contribution in [0.1, 0.15) is 144 Å². The molecule has 2 unspecified atom stereocenters. The fraction of sp³-hybridized carbons (Fsp3) is 0.379. The first-order valence-electron chi connectivity index (χ1n) is 23.2. The Bertz CT molecular complexity index is 2200. The van der Waals surface area contributed by atoms with Crippen LogP contribution >= 0.6 is 0 Å². The number of hydrogen-bond acceptors (Lipinski definition) is 5. The van der Waals surface area contributed by atoms with E-state index in [0.29, 0.717) is 18.4 Å². The fourth-order valence-corrected chi connectivity index (χ4v) is 13.0. The number of hydrogen-bond donors (Lipinski definition) is 0. The van der Waals surface area contributed by atoms with Crippen molar-refractivity contribution in [2.24, 2.45) is 0 Å². The maximum absolute atomic E-state index is 8.29. The molecule has 0 spiro atoms. The van der Waals surface area contributed by atoms with E-state index in [1.165, 1.54) is 54.9 Å². The van der Waals surface area contributed by atoms with Gasteiger partial charge in [0.1, 0.15) is 0 Å². The first-order chi connectivity index (χ1) is 31.6. The predicted molar refractivity (Wildman–Crippen MR) is 285 cm³/mol. The van der Waals surface area contributed by atoms with Crippen LogP contribution < -0.4 is 10.4 Å². The number of allylic oxidation sites excluding steroid dienone is 11. The molecule has 0 fully saturated rings. The largest absolute Gasteiger partial charge is 0.404 e. The van der Waals surface area contributed by atoms with Gasteiger partial charge in [0.15, 0.2) is 0 Å². The Labute approximate surface area is 407 Å². The smallest absolute Gasteiger partial charge is 0.335 e. The molecule has 0 saturated carbocycles. The van der Waals surface area contributed by atoms with E-state index >= 15 is 0 Å². The van der Waals surface area contributed by atoms with E-state index in [4.69, 9.17) is 21.3 Å². The molecule has 0 radical (unpaired) electrons. The van der Waals surface area contributed by atoms with Crippen LogP contribution in [0.5, 0.6) is 0 Å². The second-order valence-corrected chi connectivity index (χ2v) is 23.2. The maximum atomic E-state index is 8.29. The summed E-state index contributed by atoms with van der Waals surface area (Å²) in [5, 5.41) is 2.63. The number of rotatable bonds is 22. The van der Waals surface area contributed by atoms with Gasteiger partial charge in [-0.1, -0.05) is 212 Å². The van der Waals surface area contributed by atoms with E-state index in [-0.39, 0.29) is 5.04 Å². The van der Waals surface area contributed by atoms with Gasteiger partial charge in [0, 0.05) is 11.8 Å². The molecule has 4 aromatic rings. The summed E-state index contributed by atoms with van der Waals surface area (Å²) in [5.41, 5.74) is 11.5. The molecule has 0 N–H and O–H groups in total. The Hall–Kier alpha value is -4.86. The maximum Gasteiger partial charge on any atom is 0.335 e. The van der Waals surface area contributed by atoms with Gasteiger partial charge in [-0.05, 0) is 126 Å². The van der Waals surface area contributed by atoms with Gasteiger partial charge in [0.05, 0.1) is 6.61 Å². The Morgan fingerprint density at radius 1 is 0.485 bits per heavy atom. The van der Waals surface area contributed by atoms with Gasteiger partial charge in [-0.3, -0.25) is 0 Å². The Kier molecular flexibility index (Phi) is 27.7. The van der Waals surface area contributed by atoms with E-state index in [1.54, 1.807) is 0 Å². The average molecular weight is 945 g/mol. The SMILES string of the molecule is CC(C)=CCC/C(C)=C/C(C/C(C)=C\CC/C(C)=C\C(C/C(C)=C\CC/C(C)=C\CO[Si](c1ccccc1)(c1ccccc1)C(C)(C)C)c1ccccc1)c1ccccc1.O=S=O.O=S=O. The van der Waals surface area contributed by atoms with Crippen LogP contribution in [0.3, 0.4) is 0 Å². The Morgan fingerprint density at radius 2 is 0.818 bits per heavy atom. The lowest BCUT2D eigenvalue weighted by Gasteiger charge is -2.42. The van der Waals surface area contributed by atoms with Crippen LogP contribution in [0.15, 0.2) is 191 Å². The molecule has 66 heavy (non-hydrogen) atoms. The van der Waals surface area contributed by atoms with Gasteiger partial charge in [-0.25, -0.2) is 0 Å². The second-order valence-electron chi connectivity index (χ2n) is 18.6. The molecular weight excluding hydrogens is 869 g/mol. The zero-order chi connectivity index (χ0) is 48.8. The minimum atomic E-state index is -2.54. The van der Waals surface area contributed by atoms with E-state index < -0.39 is 31.5 Å². The van der Waals surface area contributed by atoms with Gasteiger partial charge >= 0.3 is 23.1 Å². The van der Waals surface area contributed by atoms with Crippen LogP contribution in [-0.2, 0) is 27.6 Å². The van der Waals surface area contributed by atoms with Crippen molar-refractivity contribution >= 4 is 41.8 Å². The first-order valence-corrected chi connectivity index (χ1v) is 26.5. The molecule has 0 saturated heterocycles. The Morgan fingerprint density at radius 3 is 1.17 bits per heavy atom. The van der Waals surface area contributed by atoms with Crippen molar-refractivity contribution < 1.29 is 21.3 Å². The molecule has 0 aliphatic carbocycles. The van der Waals surface area contributed by atoms with Crippen molar-refractivity contribution in [2.75, 3.05) is 6.61 Å². The lowest BCUT2D eigenvalue weighted by Crippen LogP contribution is -2.66. The van der Waals surface area contributed by atoms with E-state index in [0.717, 1.165) is 51.4 Å². The summed E-state index contributed by atoms with van der Waals surface area (Å²) in [7, 11) is -2.54. The quantitative estimate of drug-likeness (QED) is 0.0579. The number of benzene rings is 4. The van der Waals surface area contributed by atoms with Gasteiger partial charge < -0.3 is 4.43 Å². The molecule has 0 aromatic heterocycles. The summed E-state index contributed by atoms with van der Waals surface area (Å²) >= 11 is -1.50. The molecule has 8 heteroatoms. The lowest BCUT2D eigenvalue weighted by molar-refractivity contribution is 0.338. The highest BCUT2D eigenvalue weighted by molar-refractivity contribution is 7.52. The van der Waals surface area contributed by atoms with Crippen LogP contribution in [0.25, 0.3) is 0 Å². The van der Waals surface area contributed by atoms with Crippen molar-refractivity contribution in [1.82, 2.24) is 0 Å². The minimum Gasteiger partial charge on any atom is -0.404 e. The second kappa shape index (κ2) is 31.9. The van der Waals surface area contributed by atoms with Crippen molar-refractivity contribution in [3.63, 3.8) is 0 Å². The summed E-state index contributed by atoms with van der Waals surface area (Å²) in [6, 6.07) is 44.0. The normalized spacial score (nSPS) is 13.6. The minimum absolute atomic E-state index is 0.0247.